The lowest BCUT2D eigenvalue weighted by Crippen LogP contribution is -3.00. The lowest BCUT2D eigenvalue weighted by molar-refractivity contribution is -0.00000240. The van der Waals surface area contributed by atoms with Gasteiger partial charge >= 0.3 is 0 Å². The van der Waals surface area contributed by atoms with E-state index in [2.05, 4.69) is 15.8 Å². The molecule has 12 heavy (non-hydrogen) atoms. The van der Waals surface area contributed by atoms with Crippen LogP contribution in [0.3, 0.4) is 0 Å². The molecular weight excluding hydrogens is 216 g/mol. The normalized spacial score (nSPS) is 16.4. The van der Waals surface area contributed by atoms with Gasteiger partial charge in [-0.25, -0.2) is 0 Å². The van der Waals surface area contributed by atoms with Gasteiger partial charge in [0.25, 0.3) is 12.6 Å². The van der Waals surface area contributed by atoms with E-state index in [0.717, 1.165) is 19.5 Å². The van der Waals surface area contributed by atoms with Crippen molar-refractivity contribution in [2.45, 2.75) is 26.2 Å². The summed E-state index contributed by atoms with van der Waals surface area (Å²) in [6, 6.07) is 3.05. The fraction of sp³-hybridized carbons (Fsp3) is 0.889. The van der Waals surface area contributed by atoms with E-state index in [4.69, 9.17) is 0 Å². The zero-order chi connectivity index (χ0) is 7.94. The number of rotatable bonds is 2. The van der Waals surface area contributed by atoms with Crippen LogP contribution in [-0.2, 0) is 0 Å². The fourth-order valence-electron chi connectivity index (χ4n) is 1.41. The molecule has 0 amide bonds. The molecule has 0 bridgehead atoms. The van der Waals surface area contributed by atoms with Gasteiger partial charge in [-0.05, 0) is 25.9 Å². The van der Waals surface area contributed by atoms with E-state index in [-0.39, 0.29) is 17.0 Å². The van der Waals surface area contributed by atoms with Gasteiger partial charge in [0.15, 0.2) is 0 Å². The molecule has 0 N–H and O–H groups in total. The molecule has 2 nitrogen and oxygen atoms in total. The maximum atomic E-state index is 4.06. The van der Waals surface area contributed by atoms with Gasteiger partial charge in [-0.2, -0.15) is 0 Å². The van der Waals surface area contributed by atoms with Crippen molar-refractivity contribution in [3.63, 3.8) is 0 Å². The maximum Gasteiger partial charge on any atom is 0.274 e. The molecule has 0 aromatic heterocycles. The first-order chi connectivity index (χ1) is 5.43. The third-order valence-corrected chi connectivity index (χ3v) is 2.01. The lowest BCUT2D eigenvalue weighted by Gasteiger charge is -2.09. The van der Waals surface area contributed by atoms with Gasteiger partial charge < -0.3 is 21.9 Å². The number of hydrogen-bond acceptors (Lipinski definition) is 1. The van der Waals surface area contributed by atoms with Crippen LogP contribution in [0.1, 0.15) is 26.2 Å². The Morgan fingerprint density at radius 1 is 1.33 bits per heavy atom. The summed E-state index contributed by atoms with van der Waals surface area (Å²) >= 11 is 0. The van der Waals surface area contributed by atoms with Crippen LogP contribution in [0.25, 0.3) is 4.85 Å². The highest BCUT2D eigenvalue weighted by molar-refractivity contribution is 4.86. The summed E-state index contributed by atoms with van der Waals surface area (Å²) in [5.74, 6) is 0. The second-order valence-corrected chi connectivity index (χ2v) is 2.93. The molecule has 0 aliphatic carbocycles. The van der Waals surface area contributed by atoms with E-state index in [1.165, 1.54) is 25.9 Å². The summed E-state index contributed by atoms with van der Waals surface area (Å²) in [6.07, 6.45) is 3.77. The van der Waals surface area contributed by atoms with Crippen molar-refractivity contribution in [1.82, 2.24) is 4.90 Å². The Morgan fingerprint density at radius 3 is 2.58 bits per heavy atom. The highest BCUT2D eigenvalue weighted by atomic mass is 79.9. The van der Waals surface area contributed by atoms with Crippen LogP contribution in [0, 0.1) is 6.07 Å². The first-order valence-electron chi connectivity index (χ1n) is 4.55. The Balaban J connectivity index is 0.00000121. The number of halogens is 1. The van der Waals surface area contributed by atoms with Crippen molar-refractivity contribution in [3.05, 3.63) is 4.85 Å². The molecule has 1 fully saturated rings. The molecular formula is C9H17BrN2. The topological polar surface area (TPSA) is 7.60 Å². The zero-order valence-electron chi connectivity index (χ0n) is 7.72. The number of hydrogen-bond donors (Lipinski definition) is 0. The minimum Gasteiger partial charge on any atom is -1.00 e. The average molecular weight is 233 g/mol. The van der Waals surface area contributed by atoms with E-state index < -0.39 is 0 Å². The Bertz CT molecular complexity index is 154. The zero-order valence-corrected chi connectivity index (χ0v) is 9.31. The summed E-state index contributed by atoms with van der Waals surface area (Å²) in [7, 11) is 0. The van der Waals surface area contributed by atoms with Crippen molar-refractivity contribution < 1.29 is 17.0 Å². The second-order valence-electron chi connectivity index (χ2n) is 2.93. The second kappa shape index (κ2) is 7.57. The van der Waals surface area contributed by atoms with Gasteiger partial charge in [0.1, 0.15) is 0 Å². The van der Waals surface area contributed by atoms with Gasteiger partial charge in [0, 0.05) is 13.5 Å². The van der Waals surface area contributed by atoms with Crippen molar-refractivity contribution in [1.29, 1.82) is 0 Å². The van der Waals surface area contributed by atoms with Crippen LogP contribution in [-0.4, -0.2) is 31.1 Å². The minimum atomic E-state index is 0. The molecule has 0 saturated carbocycles. The Morgan fingerprint density at radius 2 is 2.00 bits per heavy atom. The quantitative estimate of drug-likeness (QED) is 0.583. The molecule has 0 spiro atoms. The molecule has 70 valence electrons. The third kappa shape index (κ3) is 4.74. The van der Waals surface area contributed by atoms with Crippen molar-refractivity contribution in [2.24, 2.45) is 0 Å². The number of likely N-dealkylation sites (tertiary alicyclic amines) is 1. The SMILES string of the molecule is CC[N+]#CCCN1CCCC1.[Br-]. The highest BCUT2D eigenvalue weighted by Crippen LogP contribution is 2.06. The van der Waals surface area contributed by atoms with E-state index in [0.29, 0.717) is 0 Å². The summed E-state index contributed by atoms with van der Waals surface area (Å²) in [6.45, 7) is 6.65. The lowest BCUT2D eigenvalue weighted by atomic mass is 10.4. The molecule has 0 radical (unpaired) electrons. The fourth-order valence-corrected chi connectivity index (χ4v) is 1.41. The van der Waals surface area contributed by atoms with Gasteiger partial charge in [-0.1, -0.05) is 4.85 Å². The largest absolute Gasteiger partial charge is 1.00 e. The summed E-state index contributed by atoms with van der Waals surface area (Å²) in [5.41, 5.74) is 0. The van der Waals surface area contributed by atoms with Crippen LogP contribution < -0.4 is 17.0 Å². The van der Waals surface area contributed by atoms with E-state index >= 15 is 0 Å². The van der Waals surface area contributed by atoms with Crippen LogP contribution in [0.2, 0.25) is 0 Å². The third-order valence-electron chi connectivity index (χ3n) is 2.01. The van der Waals surface area contributed by atoms with Crippen molar-refractivity contribution >= 4 is 0 Å². The molecule has 1 heterocycles. The first kappa shape index (κ1) is 11.9. The van der Waals surface area contributed by atoms with Gasteiger partial charge in [-0.15, -0.1) is 0 Å². The smallest absolute Gasteiger partial charge is 0.274 e. The molecule has 1 aliphatic rings. The Hall–Kier alpha value is -0.0700. The molecule has 1 saturated heterocycles. The molecule has 0 unspecified atom stereocenters. The standard InChI is InChI=1S/C9H17N2.BrH/c1-2-10-6-5-9-11-7-3-4-8-11;/h2-5,7-9H2,1H3;1H/q+1;/p-1. The van der Waals surface area contributed by atoms with Crippen LogP contribution in [0.15, 0.2) is 0 Å². The Kier molecular flexibility index (Phi) is 7.53. The van der Waals surface area contributed by atoms with E-state index in [1.54, 1.807) is 0 Å². The van der Waals surface area contributed by atoms with Gasteiger partial charge in [0.2, 0.25) is 0 Å². The van der Waals surface area contributed by atoms with Gasteiger partial charge in [0.05, 0.1) is 6.42 Å². The maximum absolute atomic E-state index is 4.06. The molecule has 1 rings (SSSR count). The van der Waals surface area contributed by atoms with Crippen LogP contribution in [0.5, 0.6) is 0 Å². The van der Waals surface area contributed by atoms with Crippen molar-refractivity contribution in [3.8, 4) is 6.07 Å². The molecule has 0 atom stereocenters. The molecule has 3 heteroatoms. The predicted molar refractivity (Wildman–Crippen MR) is 48.1 cm³/mol. The molecule has 0 aromatic carbocycles. The van der Waals surface area contributed by atoms with E-state index in [1.807, 2.05) is 6.92 Å². The monoisotopic (exact) mass is 232 g/mol. The van der Waals surface area contributed by atoms with Gasteiger partial charge in [-0.3, -0.25) is 0 Å². The average Bonchev–Trinajstić information content (AvgIpc) is 2.50. The first-order valence-corrected chi connectivity index (χ1v) is 4.55. The van der Waals surface area contributed by atoms with Crippen LogP contribution in [0.4, 0.5) is 0 Å². The summed E-state index contributed by atoms with van der Waals surface area (Å²) < 4.78 is 0. The minimum absolute atomic E-state index is 0. The summed E-state index contributed by atoms with van der Waals surface area (Å²) in [4.78, 5) is 6.54. The van der Waals surface area contributed by atoms with Crippen LogP contribution >= 0.6 is 0 Å². The Labute approximate surface area is 85.5 Å². The van der Waals surface area contributed by atoms with Crippen molar-refractivity contribution in [2.75, 3.05) is 26.2 Å². The number of nitrogens with zero attached hydrogens (tertiary/aromatic N) is 2. The predicted octanol–water partition coefficient (Wildman–Crippen LogP) is -1.17. The summed E-state index contributed by atoms with van der Waals surface area (Å²) in [5, 5.41) is 0. The van der Waals surface area contributed by atoms with E-state index in [9.17, 15) is 0 Å². The highest BCUT2D eigenvalue weighted by Gasteiger charge is 2.10. The molecule has 0 aromatic rings. The molecule has 1 aliphatic heterocycles.